The molecule has 1 N–H and O–H groups in total. The van der Waals surface area contributed by atoms with Crippen molar-refractivity contribution in [2.75, 3.05) is 36.7 Å². The van der Waals surface area contributed by atoms with Crippen molar-refractivity contribution in [3.63, 3.8) is 0 Å². The maximum Gasteiger partial charge on any atom is 0.410 e. The van der Waals surface area contributed by atoms with E-state index in [1.807, 2.05) is 32.7 Å². The van der Waals surface area contributed by atoms with Crippen molar-refractivity contribution in [1.82, 2.24) is 14.9 Å². The van der Waals surface area contributed by atoms with Crippen molar-refractivity contribution < 1.29 is 23.9 Å². The maximum absolute atomic E-state index is 14.9. The van der Waals surface area contributed by atoms with Crippen molar-refractivity contribution in [2.24, 2.45) is 5.92 Å². The van der Waals surface area contributed by atoms with E-state index in [-0.39, 0.29) is 23.2 Å². The lowest BCUT2D eigenvalue weighted by molar-refractivity contribution is 0.0186. The number of carboxylic acids is 1. The summed E-state index contributed by atoms with van der Waals surface area (Å²) < 4.78 is 20.4. The van der Waals surface area contributed by atoms with E-state index in [0.717, 1.165) is 12.8 Å². The molecule has 10 heteroatoms. The number of hydrogen-bond donors (Lipinski definition) is 1. The van der Waals surface area contributed by atoms with Crippen LogP contribution in [-0.4, -0.2) is 64.3 Å². The van der Waals surface area contributed by atoms with Crippen LogP contribution >= 0.6 is 0 Å². The van der Waals surface area contributed by atoms with Crippen molar-refractivity contribution in [1.29, 1.82) is 0 Å². The van der Waals surface area contributed by atoms with Gasteiger partial charge in [0.15, 0.2) is 5.82 Å². The molecule has 0 aliphatic carbocycles. The lowest BCUT2D eigenvalue weighted by atomic mass is 9.96. The van der Waals surface area contributed by atoms with Crippen LogP contribution in [0.4, 0.5) is 26.6 Å². The zero-order valence-corrected chi connectivity index (χ0v) is 19.4. The quantitative estimate of drug-likeness (QED) is 0.639. The molecule has 3 rings (SSSR count). The number of anilines is 3. The number of ether oxygens (including phenoxy) is 1. The molecule has 0 radical (unpaired) electrons. The summed E-state index contributed by atoms with van der Waals surface area (Å²) in [6.45, 7) is 7.50. The average molecular weight is 460 g/mol. The topological polar surface area (TPSA) is 99.1 Å². The number of amides is 1. The molecule has 178 valence electrons. The highest BCUT2D eigenvalue weighted by Crippen LogP contribution is 2.28. The third-order valence-corrected chi connectivity index (χ3v) is 5.35. The summed E-state index contributed by atoms with van der Waals surface area (Å²) >= 11 is 0. The molecule has 2 heterocycles. The number of nitrogens with zero attached hydrogens (tertiary/aromatic N) is 5. The summed E-state index contributed by atoms with van der Waals surface area (Å²) in [6, 6.07) is 7.10. The molecule has 0 saturated carbocycles. The normalized spacial score (nSPS) is 14.6. The Morgan fingerprint density at radius 1 is 1.18 bits per heavy atom. The summed E-state index contributed by atoms with van der Waals surface area (Å²) in [5, 5.41) is 9.47. The molecule has 0 atom stereocenters. The van der Waals surface area contributed by atoms with Crippen molar-refractivity contribution >= 4 is 29.4 Å². The smallest absolute Gasteiger partial charge is 0.410 e. The lowest BCUT2D eigenvalue weighted by Gasteiger charge is -2.35. The van der Waals surface area contributed by atoms with Gasteiger partial charge in [-0.25, -0.2) is 19.6 Å². The predicted molar refractivity (Wildman–Crippen MR) is 122 cm³/mol. The van der Waals surface area contributed by atoms with Crippen molar-refractivity contribution in [3.8, 4) is 0 Å². The SMILES string of the molecule is CN(CC1CCN(C(=O)OC(C)(C)C)CC1)c1cc(N(F)c2cccc(C(=O)O)c2)ncn1. The fourth-order valence-electron chi connectivity index (χ4n) is 3.65. The number of halogens is 1. The zero-order chi connectivity index (χ0) is 24.2. The van der Waals surface area contributed by atoms with Crippen molar-refractivity contribution in [3.05, 3.63) is 42.2 Å². The number of carbonyl (C=O) groups excluding carboxylic acids is 1. The second kappa shape index (κ2) is 10.0. The van der Waals surface area contributed by atoms with Crippen molar-refractivity contribution in [2.45, 2.75) is 39.2 Å². The Balaban J connectivity index is 1.60. The Morgan fingerprint density at radius 3 is 2.48 bits per heavy atom. The van der Waals surface area contributed by atoms with E-state index in [9.17, 15) is 14.1 Å². The zero-order valence-electron chi connectivity index (χ0n) is 19.4. The highest BCUT2D eigenvalue weighted by atomic mass is 19.2. The molecule has 2 aromatic rings. The number of benzene rings is 1. The fraction of sp³-hybridized carbons (Fsp3) is 0.478. The van der Waals surface area contributed by atoms with Crippen LogP contribution < -0.4 is 10.0 Å². The van der Waals surface area contributed by atoms with Gasteiger partial charge in [-0.05, 0) is 57.7 Å². The van der Waals surface area contributed by atoms with Crippen LogP contribution in [-0.2, 0) is 4.74 Å². The number of aromatic nitrogens is 2. The second-order valence-corrected chi connectivity index (χ2v) is 9.16. The fourth-order valence-corrected chi connectivity index (χ4v) is 3.65. The number of hydrogen-bond acceptors (Lipinski definition) is 7. The molecule has 1 aliphatic rings. The van der Waals surface area contributed by atoms with Gasteiger partial charge in [-0.3, -0.25) is 0 Å². The molecule has 1 amide bonds. The Kier molecular flexibility index (Phi) is 7.35. The first-order chi connectivity index (χ1) is 15.5. The molecular weight excluding hydrogens is 429 g/mol. The largest absolute Gasteiger partial charge is 0.478 e. The van der Waals surface area contributed by atoms with Crippen LogP contribution in [0.15, 0.2) is 36.7 Å². The minimum absolute atomic E-state index is 0.00846. The first kappa shape index (κ1) is 24.2. The van der Waals surface area contributed by atoms with Crippen LogP contribution in [0, 0.1) is 5.92 Å². The highest BCUT2D eigenvalue weighted by molar-refractivity contribution is 5.89. The molecular formula is C23H30FN5O4. The molecule has 0 bridgehead atoms. The summed E-state index contributed by atoms with van der Waals surface area (Å²) in [7, 11) is 1.87. The average Bonchev–Trinajstić information content (AvgIpc) is 2.78. The Labute approximate surface area is 192 Å². The molecule has 1 aromatic carbocycles. The van der Waals surface area contributed by atoms with E-state index in [2.05, 4.69) is 9.97 Å². The molecule has 1 saturated heterocycles. The third kappa shape index (κ3) is 6.53. The monoisotopic (exact) mass is 459 g/mol. The number of aromatic carboxylic acids is 1. The molecule has 1 aromatic heterocycles. The second-order valence-electron chi connectivity index (χ2n) is 9.16. The number of rotatable bonds is 6. The van der Waals surface area contributed by atoms with Gasteiger partial charge in [-0.15, -0.1) is 0 Å². The van der Waals surface area contributed by atoms with Crippen LogP contribution in [0.25, 0.3) is 0 Å². The van der Waals surface area contributed by atoms with Gasteiger partial charge >= 0.3 is 12.1 Å². The van der Waals surface area contributed by atoms with Crippen LogP contribution in [0.2, 0.25) is 0 Å². The van der Waals surface area contributed by atoms with E-state index in [0.29, 0.717) is 36.5 Å². The number of piperidine rings is 1. The maximum atomic E-state index is 14.9. The third-order valence-electron chi connectivity index (χ3n) is 5.35. The summed E-state index contributed by atoms with van der Waals surface area (Å²) in [5.74, 6) is -0.229. The summed E-state index contributed by atoms with van der Waals surface area (Å²) in [4.78, 5) is 35.3. The Morgan fingerprint density at radius 2 is 1.85 bits per heavy atom. The van der Waals surface area contributed by atoms with Gasteiger partial charge in [0.2, 0.25) is 0 Å². The highest BCUT2D eigenvalue weighted by Gasteiger charge is 2.27. The summed E-state index contributed by atoms with van der Waals surface area (Å²) in [5.41, 5.74) is -0.464. The molecule has 1 fully saturated rings. The van der Waals surface area contributed by atoms with E-state index < -0.39 is 11.6 Å². The molecule has 0 spiro atoms. The molecule has 0 unspecified atom stereocenters. The van der Waals surface area contributed by atoms with Crippen LogP contribution in [0.3, 0.4) is 0 Å². The summed E-state index contributed by atoms with van der Waals surface area (Å²) in [6.07, 6.45) is 2.65. The minimum Gasteiger partial charge on any atom is -0.478 e. The van der Waals surface area contributed by atoms with E-state index in [1.165, 1.54) is 36.7 Å². The number of likely N-dealkylation sites (tertiary alicyclic amines) is 1. The molecule has 33 heavy (non-hydrogen) atoms. The van der Waals surface area contributed by atoms with Crippen LogP contribution in [0.1, 0.15) is 44.0 Å². The van der Waals surface area contributed by atoms with E-state index in [4.69, 9.17) is 9.84 Å². The van der Waals surface area contributed by atoms with Gasteiger partial charge < -0.3 is 19.6 Å². The Bertz CT molecular complexity index is 989. The molecule has 1 aliphatic heterocycles. The molecule has 9 nitrogen and oxygen atoms in total. The van der Waals surface area contributed by atoms with Gasteiger partial charge in [-0.2, -0.15) is 5.12 Å². The minimum atomic E-state index is -1.13. The van der Waals surface area contributed by atoms with Gasteiger partial charge in [0.1, 0.15) is 17.7 Å². The van der Waals surface area contributed by atoms with Gasteiger partial charge in [0, 0.05) is 32.7 Å². The Hall–Kier alpha value is -3.43. The van der Waals surface area contributed by atoms with Gasteiger partial charge in [0.25, 0.3) is 0 Å². The van der Waals surface area contributed by atoms with Gasteiger partial charge in [-0.1, -0.05) is 10.5 Å². The van der Waals surface area contributed by atoms with E-state index in [1.54, 1.807) is 4.90 Å². The number of carboxylic acid groups (broad SMARTS) is 1. The first-order valence-electron chi connectivity index (χ1n) is 10.8. The van der Waals surface area contributed by atoms with E-state index >= 15 is 0 Å². The van der Waals surface area contributed by atoms with Gasteiger partial charge in [0.05, 0.1) is 11.3 Å². The number of carbonyl (C=O) groups is 2. The predicted octanol–water partition coefficient (Wildman–Crippen LogP) is 4.28. The lowest BCUT2D eigenvalue weighted by Crippen LogP contribution is -2.43. The van der Waals surface area contributed by atoms with Crippen LogP contribution in [0.5, 0.6) is 0 Å². The first-order valence-corrected chi connectivity index (χ1v) is 10.8. The standard InChI is InChI=1S/C23H30FN5O4/c1-23(2,3)33-22(32)28-10-8-16(9-11-28)14-27(4)19-13-20(26-15-25-19)29(24)18-7-5-6-17(12-18)21(30)31/h5-7,12-13,15-16H,8-11,14H2,1-4H3,(H,30,31).